The number of carbonyl (C=O) groups is 1. The third-order valence-electron chi connectivity index (χ3n) is 2.78. The van der Waals surface area contributed by atoms with Crippen LogP contribution in [-0.2, 0) is 15.6 Å². The maximum atomic E-state index is 12.4. The van der Waals surface area contributed by atoms with Crippen LogP contribution >= 0.6 is 27.5 Å². The summed E-state index contributed by atoms with van der Waals surface area (Å²) in [4.78, 5) is 11.0. The van der Waals surface area contributed by atoms with Crippen molar-refractivity contribution in [2.24, 2.45) is 0 Å². The molecule has 0 amide bonds. The van der Waals surface area contributed by atoms with Gasteiger partial charge in [0.2, 0.25) is 0 Å². The minimum Gasteiger partial charge on any atom is -0.478 e. The van der Waals surface area contributed by atoms with Gasteiger partial charge in [-0.25, -0.2) is 13.2 Å². The van der Waals surface area contributed by atoms with Crippen LogP contribution in [0.3, 0.4) is 0 Å². The molecule has 2 aromatic carbocycles. The van der Waals surface area contributed by atoms with E-state index in [2.05, 4.69) is 15.9 Å². The number of sulfone groups is 1. The van der Waals surface area contributed by atoms with Gasteiger partial charge in [-0.15, -0.1) is 0 Å². The van der Waals surface area contributed by atoms with Gasteiger partial charge in [0.1, 0.15) is 0 Å². The first-order valence-corrected chi connectivity index (χ1v) is 8.62. The molecule has 0 saturated carbocycles. The number of rotatable bonds is 4. The first-order valence-electron chi connectivity index (χ1n) is 5.79. The molecule has 2 rings (SSSR count). The van der Waals surface area contributed by atoms with E-state index in [9.17, 15) is 13.2 Å². The van der Waals surface area contributed by atoms with Gasteiger partial charge < -0.3 is 5.11 Å². The van der Waals surface area contributed by atoms with Crippen LogP contribution in [0, 0.1) is 0 Å². The lowest BCUT2D eigenvalue weighted by Crippen LogP contribution is -2.11. The molecular weight excluding hydrogens is 380 g/mol. The number of hydrogen-bond acceptors (Lipinski definition) is 3. The summed E-state index contributed by atoms with van der Waals surface area (Å²) >= 11 is 8.91. The fourth-order valence-electron chi connectivity index (χ4n) is 1.81. The Morgan fingerprint density at radius 3 is 2.33 bits per heavy atom. The zero-order valence-corrected chi connectivity index (χ0v) is 13.7. The van der Waals surface area contributed by atoms with Gasteiger partial charge in [-0.3, -0.25) is 0 Å². The van der Waals surface area contributed by atoms with Gasteiger partial charge in [-0.05, 0) is 35.9 Å². The molecule has 0 saturated heterocycles. The number of halogens is 2. The molecule has 0 bridgehead atoms. The highest BCUT2D eigenvalue weighted by molar-refractivity contribution is 9.10. The molecule has 0 aliphatic carbocycles. The summed E-state index contributed by atoms with van der Waals surface area (Å²) in [5.41, 5.74) is 0.294. The zero-order chi connectivity index (χ0) is 15.6. The Bertz CT molecular complexity index is 785. The lowest BCUT2D eigenvalue weighted by atomic mass is 10.2. The zero-order valence-electron chi connectivity index (χ0n) is 10.6. The predicted octanol–water partition coefficient (Wildman–Crippen LogP) is 3.77. The van der Waals surface area contributed by atoms with Crippen LogP contribution in [-0.4, -0.2) is 19.5 Å². The van der Waals surface area contributed by atoms with Crippen LogP contribution in [0.2, 0.25) is 5.02 Å². The van der Waals surface area contributed by atoms with E-state index >= 15 is 0 Å². The van der Waals surface area contributed by atoms with Crippen molar-refractivity contribution in [3.8, 4) is 0 Å². The average molecular weight is 390 g/mol. The summed E-state index contributed by atoms with van der Waals surface area (Å²) in [6.07, 6.45) is 0. The van der Waals surface area contributed by atoms with Gasteiger partial charge in [0, 0.05) is 9.50 Å². The highest BCUT2D eigenvalue weighted by Crippen LogP contribution is 2.25. The van der Waals surface area contributed by atoms with E-state index in [1.54, 1.807) is 24.3 Å². The molecule has 4 nitrogen and oxygen atoms in total. The van der Waals surface area contributed by atoms with Crippen molar-refractivity contribution in [3.63, 3.8) is 0 Å². The van der Waals surface area contributed by atoms with Gasteiger partial charge in [-0.2, -0.15) is 0 Å². The maximum Gasteiger partial charge on any atom is 0.337 e. The van der Waals surface area contributed by atoms with Crippen molar-refractivity contribution in [2.75, 3.05) is 0 Å². The second-order valence-corrected chi connectivity index (χ2v) is 7.64. The second kappa shape index (κ2) is 6.17. The van der Waals surface area contributed by atoms with Crippen molar-refractivity contribution >= 4 is 43.3 Å². The van der Waals surface area contributed by atoms with Gasteiger partial charge in [0.15, 0.2) is 9.84 Å². The third-order valence-corrected chi connectivity index (χ3v) is 5.25. The van der Waals surface area contributed by atoms with Crippen molar-refractivity contribution < 1.29 is 18.3 Å². The highest BCUT2D eigenvalue weighted by atomic mass is 79.9. The van der Waals surface area contributed by atoms with E-state index in [-0.39, 0.29) is 16.2 Å². The summed E-state index contributed by atoms with van der Waals surface area (Å²) in [7, 11) is -3.78. The topological polar surface area (TPSA) is 71.4 Å². The van der Waals surface area contributed by atoms with Crippen molar-refractivity contribution in [1.82, 2.24) is 0 Å². The molecule has 0 aliphatic rings. The molecular formula is C14H10BrClO4S. The molecule has 110 valence electrons. The molecule has 0 aliphatic heterocycles. The Morgan fingerprint density at radius 1 is 1.14 bits per heavy atom. The summed E-state index contributed by atoms with van der Waals surface area (Å²) in [6.45, 7) is 0. The number of aromatic carboxylic acids is 1. The van der Waals surface area contributed by atoms with E-state index < -0.39 is 15.8 Å². The van der Waals surface area contributed by atoms with E-state index in [0.29, 0.717) is 15.1 Å². The van der Waals surface area contributed by atoms with Crippen molar-refractivity contribution in [2.45, 2.75) is 10.6 Å². The fraction of sp³-hybridized carbons (Fsp3) is 0.0714. The third kappa shape index (κ3) is 3.84. The van der Waals surface area contributed by atoms with Crippen LogP contribution in [0.25, 0.3) is 0 Å². The molecule has 2 aromatic rings. The molecule has 0 fully saturated rings. The Kier molecular flexibility index (Phi) is 4.70. The highest BCUT2D eigenvalue weighted by Gasteiger charge is 2.23. The van der Waals surface area contributed by atoms with Crippen LogP contribution in [0.1, 0.15) is 15.9 Å². The number of carboxylic acids is 1. The number of benzene rings is 2. The minimum atomic E-state index is -3.78. The molecule has 0 spiro atoms. The molecule has 0 heterocycles. The standard InChI is InChI=1S/C14H10BrClO4S/c15-10-3-6-12(14(17)18)13(7-10)21(19,20)8-9-1-4-11(16)5-2-9/h1-7H,8H2,(H,17,18). The van der Waals surface area contributed by atoms with E-state index in [1.165, 1.54) is 18.2 Å². The van der Waals surface area contributed by atoms with Gasteiger partial charge in [0.05, 0.1) is 16.2 Å². The van der Waals surface area contributed by atoms with Crippen LogP contribution in [0.5, 0.6) is 0 Å². The Morgan fingerprint density at radius 2 is 1.76 bits per heavy atom. The number of hydrogen-bond donors (Lipinski definition) is 1. The first kappa shape index (κ1) is 16.0. The van der Waals surface area contributed by atoms with E-state index in [1.807, 2.05) is 0 Å². The molecule has 21 heavy (non-hydrogen) atoms. The molecule has 0 aromatic heterocycles. The first-order chi connectivity index (χ1) is 9.79. The summed E-state index contributed by atoms with van der Waals surface area (Å²) in [5, 5.41) is 9.63. The van der Waals surface area contributed by atoms with E-state index in [0.717, 1.165) is 0 Å². The van der Waals surface area contributed by atoms with Crippen molar-refractivity contribution in [3.05, 3.63) is 63.1 Å². The predicted molar refractivity (Wildman–Crippen MR) is 83.4 cm³/mol. The molecule has 0 radical (unpaired) electrons. The molecule has 1 N–H and O–H groups in total. The lowest BCUT2D eigenvalue weighted by Gasteiger charge is -2.09. The minimum absolute atomic E-state index is 0.209. The summed E-state index contributed by atoms with van der Waals surface area (Å²) in [5.74, 6) is -1.57. The molecule has 0 atom stereocenters. The number of carboxylic acid groups (broad SMARTS) is 1. The Balaban J connectivity index is 2.46. The molecule has 7 heteroatoms. The Labute approximate surface area is 135 Å². The monoisotopic (exact) mass is 388 g/mol. The summed E-state index contributed by atoms with van der Waals surface area (Å²) < 4.78 is 25.4. The quantitative estimate of drug-likeness (QED) is 0.864. The van der Waals surface area contributed by atoms with Crippen LogP contribution < -0.4 is 0 Å². The van der Waals surface area contributed by atoms with Crippen LogP contribution in [0.4, 0.5) is 0 Å². The summed E-state index contributed by atoms with van der Waals surface area (Å²) in [6, 6.07) is 10.4. The van der Waals surface area contributed by atoms with Gasteiger partial charge in [0.25, 0.3) is 0 Å². The SMILES string of the molecule is O=C(O)c1ccc(Br)cc1S(=O)(=O)Cc1ccc(Cl)cc1. The normalized spacial score (nSPS) is 11.3. The van der Waals surface area contributed by atoms with Crippen LogP contribution in [0.15, 0.2) is 51.8 Å². The van der Waals surface area contributed by atoms with Gasteiger partial charge in [-0.1, -0.05) is 39.7 Å². The van der Waals surface area contributed by atoms with Gasteiger partial charge >= 0.3 is 5.97 Å². The lowest BCUT2D eigenvalue weighted by molar-refractivity contribution is 0.0692. The van der Waals surface area contributed by atoms with E-state index in [4.69, 9.17) is 16.7 Å². The fourth-order valence-corrected chi connectivity index (χ4v) is 4.03. The average Bonchev–Trinajstić information content (AvgIpc) is 2.41. The second-order valence-electron chi connectivity index (χ2n) is 4.33. The smallest absolute Gasteiger partial charge is 0.337 e. The Hall–Kier alpha value is -1.37. The molecule has 0 unspecified atom stereocenters. The van der Waals surface area contributed by atoms with Crippen molar-refractivity contribution in [1.29, 1.82) is 0 Å². The largest absolute Gasteiger partial charge is 0.478 e. The maximum absolute atomic E-state index is 12.4.